The number of rotatable bonds is 1. The smallest absolute Gasteiger partial charge is 0.115 e. The van der Waals surface area contributed by atoms with Gasteiger partial charge in [0, 0.05) is 0 Å². The zero-order chi connectivity index (χ0) is 11.7. The summed E-state index contributed by atoms with van der Waals surface area (Å²) in [6.45, 7) is 0. The zero-order valence-electron chi connectivity index (χ0n) is 9.82. The summed E-state index contributed by atoms with van der Waals surface area (Å²) < 4.78 is 0. The minimum atomic E-state index is 0.326. The fraction of sp³-hybridized carbons (Fsp3) is 0.250. The van der Waals surface area contributed by atoms with Gasteiger partial charge in [0.2, 0.25) is 0 Å². The lowest BCUT2D eigenvalue weighted by molar-refractivity contribution is 0.475. The van der Waals surface area contributed by atoms with Gasteiger partial charge in [0.1, 0.15) is 5.75 Å². The molecule has 0 saturated carbocycles. The lowest BCUT2D eigenvalue weighted by Gasteiger charge is -2.16. The van der Waals surface area contributed by atoms with Gasteiger partial charge in [-0.2, -0.15) is 0 Å². The van der Waals surface area contributed by atoms with Crippen molar-refractivity contribution in [1.29, 1.82) is 0 Å². The number of phenolic OH excluding ortho intramolecular Hbond substituents is 1. The van der Waals surface area contributed by atoms with Crippen molar-refractivity contribution >= 4 is 0 Å². The Labute approximate surface area is 102 Å². The SMILES string of the molecule is Oc1ccc(-c2ccc3c(c2)CCCC3)cc1. The minimum absolute atomic E-state index is 0.326. The Hall–Kier alpha value is -1.76. The second-order valence-corrected chi connectivity index (χ2v) is 4.74. The highest BCUT2D eigenvalue weighted by Gasteiger charge is 2.09. The predicted octanol–water partition coefficient (Wildman–Crippen LogP) is 3.94. The molecule has 2 aromatic carbocycles. The number of phenols is 1. The Bertz CT molecular complexity index is 526. The molecule has 2 aromatic rings. The summed E-state index contributed by atoms with van der Waals surface area (Å²) in [5.41, 5.74) is 5.45. The molecule has 0 heterocycles. The standard InChI is InChI=1S/C16H16O/c17-16-9-7-13(8-10-16)15-6-5-12-3-1-2-4-14(12)11-15/h5-11,17H,1-4H2. The van der Waals surface area contributed by atoms with E-state index in [0.29, 0.717) is 5.75 Å². The highest BCUT2D eigenvalue weighted by atomic mass is 16.3. The summed E-state index contributed by atoms with van der Waals surface area (Å²) in [5.74, 6) is 0.326. The second kappa shape index (κ2) is 4.25. The van der Waals surface area contributed by atoms with Gasteiger partial charge in [-0.25, -0.2) is 0 Å². The highest BCUT2D eigenvalue weighted by molar-refractivity contribution is 5.65. The third kappa shape index (κ3) is 2.05. The summed E-state index contributed by atoms with van der Waals surface area (Å²) in [5, 5.41) is 9.30. The van der Waals surface area contributed by atoms with E-state index in [1.54, 1.807) is 12.1 Å². The van der Waals surface area contributed by atoms with Gasteiger partial charge < -0.3 is 5.11 Å². The number of fused-ring (bicyclic) bond motifs is 1. The number of hydrogen-bond acceptors (Lipinski definition) is 1. The van der Waals surface area contributed by atoms with Gasteiger partial charge in [0.05, 0.1) is 0 Å². The Balaban J connectivity index is 2.01. The van der Waals surface area contributed by atoms with Crippen LogP contribution in [0.4, 0.5) is 0 Å². The normalized spacial score (nSPS) is 14.4. The minimum Gasteiger partial charge on any atom is -0.508 e. The molecule has 1 aliphatic rings. The summed E-state index contributed by atoms with van der Waals surface area (Å²) in [6, 6.07) is 14.2. The molecule has 0 fully saturated rings. The van der Waals surface area contributed by atoms with Crippen LogP contribution in [-0.4, -0.2) is 5.11 Å². The monoisotopic (exact) mass is 224 g/mol. The van der Waals surface area contributed by atoms with Crippen LogP contribution >= 0.6 is 0 Å². The van der Waals surface area contributed by atoms with Crippen molar-refractivity contribution in [2.45, 2.75) is 25.7 Å². The number of benzene rings is 2. The van der Waals surface area contributed by atoms with E-state index in [-0.39, 0.29) is 0 Å². The number of aryl methyl sites for hydroxylation is 2. The van der Waals surface area contributed by atoms with Crippen LogP contribution in [0.1, 0.15) is 24.0 Å². The third-order valence-electron chi connectivity index (χ3n) is 3.55. The van der Waals surface area contributed by atoms with Crippen LogP contribution in [0.3, 0.4) is 0 Å². The Morgan fingerprint density at radius 3 is 2.12 bits per heavy atom. The first kappa shape index (κ1) is 10.4. The fourth-order valence-electron chi connectivity index (χ4n) is 2.57. The van der Waals surface area contributed by atoms with Crippen molar-refractivity contribution < 1.29 is 5.11 Å². The molecular formula is C16H16O. The Morgan fingerprint density at radius 1 is 0.706 bits per heavy atom. The van der Waals surface area contributed by atoms with Crippen LogP contribution in [-0.2, 0) is 12.8 Å². The molecule has 0 aromatic heterocycles. The largest absolute Gasteiger partial charge is 0.508 e. The molecule has 0 radical (unpaired) electrons. The van der Waals surface area contributed by atoms with Crippen LogP contribution < -0.4 is 0 Å². The molecule has 0 saturated heterocycles. The van der Waals surface area contributed by atoms with Gasteiger partial charge in [-0.05, 0) is 60.1 Å². The number of hydrogen-bond donors (Lipinski definition) is 1. The van der Waals surface area contributed by atoms with E-state index in [9.17, 15) is 5.11 Å². The molecule has 0 spiro atoms. The first-order valence-electron chi connectivity index (χ1n) is 6.24. The summed E-state index contributed by atoms with van der Waals surface area (Å²) in [7, 11) is 0. The Morgan fingerprint density at radius 2 is 1.35 bits per heavy atom. The molecule has 1 nitrogen and oxygen atoms in total. The lowest BCUT2D eigenvalue weighted by atomic mass is 9.89. The van der Waals surface area contributed by atoms with Gasteiger partial charge in [0.15, 0.2) is 0 Å². The summed E-state index contributed by atoms with van der Waals surface area (Å²) in [6.07, 6.45) is 5.07. The third-order valence-corrected chi connectivity index (χ3v) is 3.55. The molecule has 3 rings (SSSR count). The molecule has 1 heteroatoms. The van der Waals surface area contributed by atoms with Gasteiger partial charge in [-0.3, -0.25) is 0 Å². The van der Waals surface area contributed by atoms with Crippen LogP contribution in [0.25, 0.3) is 11.1 Å². The maximum Gasteiger partial charge on any atom is 0.115 e. The van der Waals surface area contributed by atoms with Crippen molar-refractivity contribution in [3.63, 3.8) is 0 Å². The van der Waals surface area contributed by atoms with E-state index < -0.39 is 0 Å². The van der Waals surface area contributed by atoms with Gasteiger partial charge in [0.25, 0.3) is 0 Å². The molecule has 1 N–H and O–H groups in total. The topological polar surface area (TPSA) is 20.2 Å². The van der Waals surface area contributed by atoms with E-state index >= 15 is 0 Å². The van der Waals surface area contributed by atoms with Gasteiger partial charge >= 0.3 is 0 Å². The van der Waals surface area contributed by atoms with Crippen LogP contribution in [0, 0.1) is 0 Å². The quantitative estimate of drug-likeness (QED) is 0.778. The molecule has 1 aliphatic carbocycles. The lowest BCUT2D eigenvalue weighted by Crippen LogP contribution is -2.02. The first-order valence-corrected chi connectivity index (χ1v) is 6.24. The molecule has 0 atom stereocenters. The van der Waals surface area contributed by atoms with Gasteiger partial charge in [-0.1, -0.05) is 30.3 Å². The first-order chi connectivity index (χ1) is 8.33. The molecule has 0 amide bonds. The van der Waals surface area contributed by atoms with E-state index in [4.69, 9.17) is 0 Å². The molecular weight excluding hydrogens is 208 g/mol. The average Bonchev–Trinajstić information content (AvgIpc) is 2.39. The van der Waals surface area contributed by atoms with Crippen LogP contribution in [0.5, 0.6) is 5.75 Å². The second-order valence-electron chi connectivity index (χ2n) is 4.74. The number of aromatic hydroxyl groups is 1. The molecule has 0 bridgehead atoms. The van der Waals surface area contributed by atoms with E-state index in [2.05, 4.69) is 18.2 Å². The van der Waals surface area contributed by atoms with Crippen LogP contribution in [0.2, 0.25) is 0 Å². The molecule has 86 valence electrons. The van der Waals surface area contributed by atoms with Crippen molar-refractivity contribution in [2.75, 3.05) is 0 Å². The summed E-state index contributed by atoms with van der Waals surface area (Å²) >= 11 is 0. The fourth-order valence-corrected chi connectivity index (χ4v) is 2.57. The Kier molecular flexibility index (Phi) is 2.60. The zero-order valence-corrected chi connectivity index (χ0v) is 9.82. The molecule has 17 heavy (non-hydrogen) atoms. The molecule has 0 aliphatic heterocycles. The van der Waals surface area contributed by atoms with Crippen molar-refractivity contribution in [3.05, 3.63) is 53.6 Å². The highest BCUT2D eigenvalue weighted by Crippen LogP contribution is 2.28. The average molecular weight is 224 g/mol. The van der Waals surface area contributed by atoms with E-state index in [1.807, 2.05) is 12.1 Å². The van der Waals surface area contributed by atoms with E-state index in [1.165, 1.54) is 47.9 Å². The maximum absolute atomic E-state index is 9.30. The summed E-state index contributed by atoms with van der Waals surface area (Å²) in [4.78, 5) is 0. The van der Waals surface area contributed by atoms with Crippen LogP contribution in [0.15, 0.2) is 42.5 Å². The maximum atomic E-state index is 9.30. The van der Waals surface area contributed by atoms with Crippen molar-refractivity contribution in [1.82, 2.24) is 0 Å². The predicted molar refractivity (Wildman–Crippen MR) is 70.2 cm³/mol. The van der Waals surface area contributed by atoms with E-state index in [0.717, 1.165) is 0 Å². The van der Waals surface area contributed by atoms with Crippen molar-refractivity contribution in [3.8, 4) is 16.9 Å². The van der Waals surface area contributed by atoms with Crippen molar-refractivity contribution in [2.24, 2.45) is 0 Å². The van der Waals surface area contributed by atoms with Gasteiger partial charge in [-0.15, -0.1) is 0 Å². The molecule has 0 unspecified atom stereocenters.